The Hall–Kier alpha value is -1.31. The van der Waals surface area contributed by atoms with Crippen LogP contribution in [0.2, 0.25) is 0 Å². The number of halogens is 3. The Labute approximate surface area is 102 Å². The molecule has 0 spiro atoms. The zero-order valence-corrected chi connectivity index (χ0v) is 10.2. The van der Waals surface area contributed by atoms with E-state index in [0.717, 1.165) is 0 Å². The summed E-state index contributed by atoms with van der Waals surface area (Å²) >= 11 is 0. The molecule has 106 valence electrons. The summed E-state index contributed by atoms with van der Waals surface area (Å²) in [7, 11) is 0. The molecular formula is C10H16F3NO4. The van der Waals surface area contributed by atoms with Crippen molar-refractivity contribution in [2.24, 2.45) is 5.92 Å². The summed E-state index contributed by atoms with van der Waals surface area (Å²) in [6, 6.07) is -1.54. The van der Waals surface area contributed by atoms with Gasteiger partial charge in [-0.2, -0.15) is 13.2 Å². The highest BCUT2D eigenvalue weighted by atomic mass is 19.4. The highest BCUT2D eigenvalue weighted by molar-refractivity contribution is 5.87. The lowest BCUT2D eigenvalue weighted by Crippen LogP contribution is -2.51. The van der Waals surface area contributed by atoms with Gasteiger partial charge in [-0.1, -0.05) is 6.92 Å². The predicted octanol–water partition coefficient (Wildman–Crippen LogP) is 0.613. The summed E-state index contributed by atoms with van der Waals surface area (Å²) in [5.74, 6) is -4.14. The third-order valence-electron chi connectivity index (χ3n) is 2.01. The van der Waals surface area contributed by atoms with Gasteiger partial charge in [0.2, 0.25) is 0 Å². The lowest BCUT2D eigenvalue weighted by molar-refractivity contribution is -0.177. The lowest BCUT2D eigenvalue weighted by atomic mass is 10.0. The number of nitrogens with one attached hydrogen (secondary N) is 1. The van der Waals surface area contributed by atoms with E-state index in [1.54, 1.807) is 0 Å². The molecule has 0 unspecified atom stereocenters. The minimum Gasteiger partial charge on any atom is -0.461 e. The normalized spacial score (nSPS) is 15.1. The van der Waals surface area contributed by atoms with Crippen molar-refractivity contribution in [2.75, 3.05) is 6.61 Å². The summed E-state index contributed by atoms with van der Waals surface area (Å²) in [5.41, 5.74) is 0. The number of rotatable bonds is 5. The quantitative estimate of drug-likeness (QED) is 0.718. The summed E-state index contributed by atoms with van der Waals surface area (Å²) in [6.45, 7) is 3.80. The first-order chi connectivity index (χ1) is 8.09. The minimum atomic E-state index is -5.09. The van der Waals surface area contributed by atoms with E-state index in [1.807, 2.05) is 0 Å². The van der Waals surface area contributed by atoms with Crippen LogP contribution >= 0.6 is 0 Å². The maximum absolute atomic E-state index is 12.1. The largest absolute Gasteiger partial charge is 0.471 e. The molecule has 2 N–H and O–H groups in total. The summed E-state index contributed by atoms with van der Waals surface area (Å²) < 4.78 is 40.9. The SMILES string of the molecule is CC(C)OC(=O)[C@@H](NC(=O)C(F)(F)F)[C@H](C)CO. The van der Waals surface area contributed by atoms with Crippen LogP contribution in [0.3, 0.4) is 0 Å². The molecule has 0 aromatic heterocycles. The molecule has 1 amide bonds. The van der Waals surface area contributed by atoms with Crippen LogP contribution in [0, 0.1) is 5.92 Å². The third kappa shape index (κ3) is 5.35. The van der Waals surface area contributed by atoms with Gasteiger partial charge in [-0.15, -0.1) is 0 Å². The molecule has 0 bridgehead atoms. The Kier molecular flexibility index (Phi) is 6.10. The van der Waals surface area contributed by atoms with E-state index in [0.29, 0.717) is 0 Å². The smallest absolute Gasteiger partial charge is 0.461 e. The zero-order chi connectivity index (χ0) is 14.5. The van der Waals surface area contributed by atoms with Crippen LogP contribution in [-0.2, 0) is 14.3 Å². The van der Waals surface area contributed by atoms with Gasteiger partial charge in [-0.05, 0) is 13.8 Å². The van der Waals surface area contributed by atoms with Crippen molar-refractivity contribution in [3.8, 4) is 0 Å². The summed E-state index contributed by atoms with van der Waals surface area (Å²) in [4.78, 5) is 22.3. The molecule has 0 radical (unpaired) electrons. The Morgan fingerprint density at radius 2 is 1.78 bits per heavy atom. The van der Waals surface area contributed by atoms with Gasteiger partial charge in [-0.3, -0.25) is 4.79 Å². The molecule has 8 heteroatoms. The molecule has 0 aliphatic rings. The topological polar surface area (TPSA) is 75.6 Å². The van der Waals surface area contributed by atoms with Crippen LogP contribution in [0.5, 0.6) is 0 Å². The second-order valence-corrected chi connectivity index (χ2v) is 4.09. The molecule has 0 saturated carbocycles. The van der Waals surface area contributed by atoms with E-state index < -0.39 is 42.7 Å². The molecule has 0 aromatic rings. The van der Waals surface area contributed by atoms with E-state index in [1.165, 1.54) is 26.1 Å². The Bertz CT molecular complexity index is 304. The first-order valence-corrected chi connectivity index (χ1v) is 5.28. The van der Waals surface area contributed by atoms with E-state index >= 15 is 0 Å². The first-order valence-electron chi connectivity index (χ1n) is 5.28. The lowest BCUT2D eigenvalue weighted by Gasteiger charge is -2.23. The van der Waals surface area contributed by atoms with E-state index in [2.05, 4.69) is 0 Å². The Morgan fingerprint density at radius 1 is 1.28 bits per heavy atom. The van der Waals surface area contributed by atoms with Crippen molar-refractivity contribution in [1.82, 2.24) is 5.32 Å². The van der Waals surface area contributed by atoms with Crippen LogP contribution in [-0.4, -0.2) is 41.9 Å². The maximum Gasteiger partial charge on any atom is 0.471 e. The van der Waals surface area contributed by atoms with Crippen molar-refractivity contribution in [1.29, 1.82) is 0 Å². The van der Waals surface area contributed by atoms with Crippen molar-refractivity contribution in [3.05, 3.63) is 0 Å². The van der Waals surface area contributed by atoms with Gasteiger partial charge < -0.3 is 15.2 Å². The predicted molar refractivity (Wildman–Crippen MR) is 55.5 cm³/mol. The van der Waals surface area contributed by atoms with Crippen molar-refractivity contribution < 1.29 is 32.6 Å². The Morgan fingerprint density at radius 3 is 2.11 bits per heavy atom. The summed E-state index contributed by atoms with van der Waals surface area (Å²) in [5, 5.41) is 10.4. The van der Waals surface area contributed by atoms with E-state index in [-0.39, 0.29) is 0 Å². The summed E-state index contributed by atoms with van der Waals surface area (Å²) in [6.07, 6.45) is -5.63. The molecule has 0 fully saturated rings. The van der Waals surface area contributed by atoms with Gasteiger partial charge in [0.15, 0.2) is 0 Å². The molecule has 0 aliphatic heterocycles. The molecule has 2 atom stereocenters. The average Bonchev–Trinajstić information content (AvgIpc) is 2.21. The van der Waals surface area contributed by atoms with Gasteiger partial charge in [0, 0.05) is 12.5 Å². The third-order valence-corrected chi connectivity index (χ3v) is 2.01. The molecule has 0 heterocycles. The molecule has 5 nitrogen and oxygen atoms in total. The highest BCUT2D eigenvalue weighted by Gasteiger charge is 2.42. The number of carbonyl (C=O) groups excluding carboxylic acids is 2. The number of aliphatic hydroxyl groups is 1. The molecule has 18 heavy (non-hydrogen) atoms. The van der Waals surface area contributed by atoms with Gasteiger partial charge in [-0.25, -0.2) is 4.79 Å². The van der Waals surface area contributed by atoms with Crippen molar-refractivity contribution >= 4 is 11.9 Å². The van der Waals surface area contributed by atoms with Gasteiger partial charge in [0.1, 0.15) is 6.04 Å². The number of carbonyl (C=O) groups is 2. The highest BCUT2D eigenvalue weighted by Crippen LogP contribution is 2.16. The second kappa shape index (κ2) is 6.58. The van der Waals surface area contributed by atoms with Crippen LogP contribution in [0.1, 0.15) is 20.8 Å². The number of esters is 1. The van der Waals surface area contributed by atoms with E-state index in [4.69, 9.17) is 9.84 Å². The number of aliphatic hydroxyl groups excluding tert-OH is 1. The number of hydrogen-bond donors (Lipinski definition) is 2. The average molecular weight is 271 g/mol. The maximum atomic E-state index is 12.1. The number of amides is 1. The van der Waals surface area contributed by atoms with Gasteiger partial charge in [0.25, 0.3) is 0 Å². The number of hydrogen-bond acceptors (Lipinski definition) is 4. The molecule has 0 rings (SSSR count). The van der Waals surface area contributed by atoms with Crippen molar-refractivity contribution in [3.63, 3.8) is 0 Å². The van der Waals surface area contributed by atoms with Gasteiger partial charge in [0.05, 0.1) is 6.10 Å². The Balaban J connectivity index is 4.80. The van der Waals surface area contributed by atoms with Crippen molar-refractivity contribution in [2.45, 2.75) is 39.1 Å². The fourth-order valence-corrected chi connectivity index (χ4v) is 1.07. The van der Waals surface area contributed by atoms with Crippen LogP contribution < -0.4 is 5.32 Å². The van der Waals surface area contributed by atoms with Crippen LogP contribution in [0.25, 0.3) is 0 Å². The monoisotopic (exact) mass is 271 g/mol. The molecule has 0 saturated heterocycles. The van der Waals surface area contributed by atoms with Crippen LogP contribution in [0.4, 0.5) is 13.2 Å². The molecule has 0 aromatic carbocycles. The van der Waals surface area contributed by atoms with Crippen LogP contribution in [0.15, 0.2) is 0 Å². The molecule has 0 aliphatic carbocycles. The first kappa shape index (κ1) is 16.7. The number of alkyl halides is 3. The second-order valence-electron chi connectivity index (χ2n) is 4.09. The van der Waals surface area contributed by atoms with Gasteiger partial charge >= 0.3 is 18.1 Å². The molecular weight excluding hydrogens is 255 g/mol. The fraction of sp³-hybridized carbons (Fsp3) is 0.800. The number of ether oxygens (including phenoxy) is 1. The zero-order valence-electron chi connectivity index (χ0n) is 10.2. The standard InChI is InChI=1S/C10H16F3NO4/c1-5(2)18-8(16)7(6(3)4-15)14-9(17)10(11,12)13/h5-7,15H,4H2,1-3H3,(H,14,17)/t6-,7+/m1/s1. The minimum absolute atomic E-state index is 0.534. The fourth-order valence-electron chi connectivity index (χ4n) is 1.07. The van der Waals surface area contributed by atoms with E-state index in [9.17, 15) is 22.8 Å².